The van der Waals surface area contributed by atoms with Crippen molar-refractivity contribution in [1.82, 2.24) is 4.98 Å². The Hall–Kier alpha value is -0.800. The quantitative estimate of drug-likeness (QED) is 0.796. The standard InChI is InChI=1S/C15H23ClN2O/c1-10-5-6-18(9-14(10)19-4)15-13(8-16)11(2)7-12(3)17-15/h7,10,14H,5-6,8-9H2,1-4H3. The molecule has 3 nitrogen and oxygen atoms in total. The molecule has 4 heteroatoms. The van der Waals surface area contributed by atoms with Crippen LogP contribution < -0.4 is 4.90 Å². The molecule has 0 saturated carbocycles. The first-order valence-corrected chi connectivity index (χ1v) is 7.41. The van der Waals surface area contributed by atoms with Gasteiger partial charge in [-0.05, 0) is 37.8 Å². The molecule has 0 spiro atoms. The summed E-state index contributed by atoms with van der Waals surface area (Å²) in [7, 11) is 1.79. The lowest BCUT2D eigenvalue weighted by Gasteiger charge is -2.38. The smallest absolute Gasteiger partial charge is 0.133 e. The van der Waals surface area contributed by atoms with Gasteiger partial charge in [-0.3, -0.25) is 0 Å². The van der Waals surface area contributed by atoms with Crippen LogP contribution in [0.15, 0.2) is 6.07 Å². The third kappa shape index (κ3) is 3.03. The second-order valence-corrected chi connectivity index (χ2v) is 5.77. The predicted molar refractivity (Wildman–Crippen MR) is 80.1 cm³/mol. The van der Waals surface area contributed by atoms with Crippen LogP contribution in [0, 0.1) is 19.8 Å². The fourth-order valence-electron chi connectivity index (χ4n) is 2.80. The van der Waals surface area contributed by atoms with E-state index in [1.54, 1.807) is 7.11 Å². The number of anilines is 1. The van der Waals surface area contributed by atoms with Crippen LogP contribution >= 0.6 is 11.6 Å². The van der Waals surface area contributed by atoms with Crippen molar-refractivity contribution in [2.75, 3.05) is 25.1 Å². The van der Waals surface area contributed by atoms with Crippen molar-refractivity contribution >= 4 is 17.4 Å². The maximum absolute atomic E-state index is 6.11. The summed E-state index contributed by atoms with van der Waals surface area (Å²) >= 11 is 6.11. The Kier molecular flexibility index (Phi) is 4.69. The van der Waals surface area contributed by atoms with E-state index < -0.39 is 0 Å². The van der Waals surface area contributed by atoms with E-state index in [1.807, 2.05) is 6.92 Å². The van der Waals surface area contributed by atoms with Crippen molar-refractivity contribution in [1.29, 1.82) is 0 Å². The Balaban J connectivity index is 2.31. The monoisotopic (exact) mass is 282 g/mol. The highest BCUT2D eigenvalue weighted by Gasteiger charge is 2.28. The van der Waals surface area contributed by atoms with E-state index in [1.165, 1.54) is 5.56 Å². The fourth-order valence-corrected chi connectivity index (χ4v) is 3.13. The van der Waals surface area contributed by atoms with Crippen LogP contribution in [-0.4, -0.2) is 31.3 Å². The number of alkyl halides is 1. The van der Waals surface area contributed by atoms with Gasteiger partial charge in [-0.1, -0.05) is 6.92 Å². The molecule has 0 aliphatic carbocycles. The summed E-state index contributed by atoms with van der Waals surface area (Å²) in [4.78, 5) is 7.03. The van der Waals surface area contributed by atoms with Crippen molar-refractivity contribution in [2.45, 2.75) is 39.2 Å². The molecule has 0 aromatic carbocycles. The topological polar surface area (TPSA) is 25.4 Å². The molecule has 19 heavy (non-hydrogen) atoms. The number of ether oxygens (including phenoxy) is 1. The molecular formula is C15H23ClN2O. The number of piperidine rings is 1. The summed E-state index contributed by atoms with van der Waals surface area (Å²) in [5.74, 6) is 2.16. The Bertz CT molecular complexity index is 450. The minimum Gasteiger partial charge on any atom is -0.379 e. The van der Waals surface area contributed by atoms with Gasteiger partial charge < -0.3 is 9.64 Å². The molecule has 0 amide bonds. The van der Waals surface area contributed by atoms with Gasteiger partial charge in [0, 0.05) is 31.5 Å². The van der Waals surface area contributed by atoms with Crippen LogP contribution in [0.2, 0.25) is 0 Å². The van der Waals surface area contributed by atoms with E-state index in [4.69, 9.17) is 21.3 Å². The first-order chi connectivity index (χ1) is 9.06. The number of aromatic nitrogens is 1. The average Bonchev–Trinajstić information content (AvgIpc) is 2.38. The summed E-state index contributed by atoms with van der Waals surface area (Å²) in [5.41, 5.74) is 3.43. The molecule has 1 aromatic rings. The van der Waals surface area contributed by atoms with E-state index in [0.29, 0.717) is 11.8 Å². The van der Waals surface area contributed by atoms with Crippen molar-refractivity contribution in [2.24, 2.45) is 5.92 Å². The summed E-state index contributed by atoms with van der Waals surface area (Å²) in [6.45, 7) is 8.33. The van der Waals surface area contributed by atoms with Crippen LogP contribution in [0.4, 0.5) is 5.82 Å². The molecule has 0 radical (unpaired) electrons. The molecular weight excluding hydrogens is 260 g/mol. The number of halogens is 1. The van der Waals surface area contributed by atoms with E-state index >= 15 is 0 Å². The Morgan fingerprint density at radius 2 is 2.21 bits per heavy atom. The first kappa shape index (κ1) is 14.6. The largest absolute Gasteiger partial charge is 0.379 e. The Labute approximate surface area is 120 Å². The Morgan fingerprint density at radius 3 is 2.84 bits per heavy atom. The van der Waals surface area contributed by atoms with Crippen LogP contribution in [0.5, 0.6) is 0 Å². The van der Waals surface area contributed by atoms with E-state index in [0.717, 1.165) is 36.6 Å². The molecule has 2 unspecified atom stereocenters. The van der Waals surface area contributed by atoms with Crippen molar-refractivity contribution in [3.8, 4) is 0 Å². The lowest BCUT2D eigenvalue weighted by molar-refractivity contribution is 0.0496. The van der Waals surface area contributed by atoms with Gasteiger partial charge in [0.1, 0.15) is 5.82 Å². The molecule has 2 atom stereocenters. The Morgan fingerprint density at radius 1 is 1.47 bits per heavy atom. The maximum Gasteiger partial charge on any atom is 0.133 e. The minimum atomic E-state index is 0.277. The van der Waals surface area contributed by atoms with Crippen LogP contribution in [-0.2, 0) is 10.6 Å². The number of nitrogens with zero attached hydrogens (tertiary/aromatic N) is 2. The lowest BCUT2D eigenvalue weighted by Crippen LogP contribution is -2.44. The van der Waals surface area contributed by atoms with Crippen LogP contribution in [0.1, 0.15) is 30.2 Å². The molecule has 1 aliphatic heterocycles. The number of hydrogen-bond donors (Lipinski definition) is 0. The molecule has 2 heterocycles. The zero-order chi connectivity index (χ0) is 14.0. The number of methoxy groups -OCH3 is 1. The highest BCUT2D eigenvalue weighted by atomic mass is 35.5. The van der Waals surface area contributed by atoms with Crippen molar-refractivity contribution in [3.05, 3.63) is 22.9 Å². The normalized spacial score (nSPS) is 23.7. The predicted octanol–water partition coefficient (Wildman–Crippen LogP) is 3.30. The van der Waals surface area contributed by atoms with E-state index in [9.17, 15) is 0 Å². The second kappa shape index (κ2) is 6.10. The molecule has 1 aliphatic rings. The number of aryl methyl sites for hydroxylation is 2. The molecule has 0 N–H and O–H groups in total. The highest BCUT2D eigenvalue weighted by Crippen LogP contribution is 2.29. The molecule has 0 bridgehead atoms. The van der Waals surface area contributed by atoms with Gasteiger partial charge >= 0.3 is 0 Å². The second-order valence-electron chi connectivity index (χ2n) is 5.50. The zero-order valence-corrected chi connectivity index (χ0v) is 13.0. The van der Waals surface area contributed by atoms with E-state index in [-0.39, 0.29) is 6.10 Å². The van der Waals surface area contributed by atoms with Gasteiger partial charge in [-0.15, -0.1) is 11.6 Å². The van der Waals surface area contributed by atoms with Gasteiger partial charge in [0.05, 0.1) is 12.0 Å². The highest BCUT2D eigenvalue weighted by molar-refractivity contribution is 6.17. The van der Waals surface area contributed by atoms with Crippen molar-refractivity contribution in [3.63, 3.8) is 0 Å². The molecule has 1 saturated heterocycles. The molecule has 106 valence electrons. The number of pyridine rings is 1. The SMILES string of the molecule is COC1CN(c2nc(C)cc(C)c2CCl)CCC1C. The molecule has 2 rings (SSSR count). The third-order valence-electron chi connectivity index (χ3n) is 4.08. The van der Waals surface area contributed by atoms with Gasteiger partial charge in [0.15, 0.2) is 0 Å². The summed E-state index contributed by atoms with van der Waals surface area (Å²) in [5, 5.41) is 0. The molecule has 1 fully saturated rings. The summed E-state index contributed by atoms with van der Waals surface area (Å²) in [6.07, 6.45) is 1.41. The van der Waals surface area contributed by atoms with Gasteiger partial charge in [-0.25, -0.2) is 4.98 Å². The van der Waals surface area contributed by atoms with Crippen LogP contribution in [0.25, 0.3) is 0 Å². The van der Waals surface area contributed by atoms with Gasteiger partial charge in [0.25, 0.3) is 0 Å². The van der Waals surface area contributed by atoms with Crippen LogP contribution in [0.3, 0.4) is 0 Å². The minimum absolute atomic E-state index is 0.277. The first-order valence-electron chi connectivity index (χ1n) is 6.87. The fraction of sp³-hybridized carbons (Fsp3) is 0.667. The summed E-state index contributed by atoms with van der Waals surface area (Å²) < 4.78 is 5.59. The lowest BCUT2D eigenvalue weighted by atomic mass is 9.95. The number of hydrogen-bond acceptors (Lipinski definition) is 3. The maximum atomic E-state index is 6.11. The van der Waals surface area contributed by atoms with Gasteiger partial charge in [-0.2, -0.15) is 0 Å². The van der Waals surface area contributed by atoms with E-state index in [2.05, 4.69) is 24.8 Å². The number of rotatable bonds is 3. The summed E-state index contributed by atoms with van der Waals surface area (Å²) in [6, 6.07) is 2.10. The zero-order valence-electron chi connectivity index (χ0n) is 12.2. The third-order valence-corrected chi connectivity index (χ3v) is 4.35. The van der Waals surface area contributed by atoms with Gasteiger partial charge in [0.2, 0.25) is 0 Å². The van der Waals surface area contributed by atoms with Crippen molar-refractivity contribution < 1.29 is 4.74 Å². The molecule has 1 aromatic heterocycles. The average molecular weight is 283 g/mol.